The fourth-order valence-corrected chi connectivity index (χ4v) is 4.03. The average molecular weight is 441 g/mol. The van der Waals surface area contributed by atoms with Gasteiger partial charge in [0.2, 0.25) is 15.9 Å². The highest BCUT2D eigenvalue weighted by Crippen LogP contribution is 2.23. The lowest BCUT2D eigenvalue weighted by Crippen LogP contribution is -2.50. The molecule has 9 heteroatoms. The van der Waals surface area contributed by atoms with Crippen LogP contribution < -0.4 is 14.4 Å². The number of nitrogens with one attached hydrogen (secondary N) is 1. The Balaban J connectivity index is 2.08. The number of hydrogen-bond donors (Lipinski definition) is 1. The third-order valence-corrected chi connectivity index (χ3v) is 5.85. The van der Waals surface area contributed by atoms with Crippen LogP contribution in [0.15, 0.2) is 36.4 Å². The van der Waals surface area contributed by atoms with E-state index in [0.717, 1.165) is 39.9 Å². The van der Waals surface area contributed by atoms with Gasteiger partial charge in [0.1, 0.15) is 18.4 Å². The van der Waals surface area contributed by atoms with E-state index in [1.54, 1.807) is 6.92 Å². The highest BCUT2D eigenvalue weighted by atomic mass is 32.2. The lowest BCUT2D eigenvalue weighted by atomic mass is 10.1. The number of aryl methyl sites for hydroxylation is 2. The Hall–Kier alpha value is -2.68. The summed E-state index contributed by atoms with van der Waals surface area (Å²) in [7, 11) is -3.94. The number of carbonyl (C=O) groups excluding carboxylic acids is 1. The molecule has 1 N–H and O–H groups in total. The third-order valence-electron chi connectivity index (χ3n) is 4.61. The summed E-state index contributed by atoms with van der Waals surface area (Å²) in [6, 6.07) is 6.70. The Morgan fingerprint density at radius 3 is 2.30 bits per heavy atom. The molecule has 0 spiro atoms. The average Bonchev–Trinajstić information content (AvgIpc) is 2.64. The zero-order valence-electron chi connectivity index (χ0n) is 17.6. The lowest BCUT2D eigenvalue weighted by Gasteiger charge is -2.29. The van der Waals surface area contributed by atoms with Gasteiger partial charge in [0, 0.05) is 6.07 Å². The maximum absolute atomic E-state index is 13.6. The van der Waals surface area contributed by atoms with E-state index in [1.807, 2.05) is 32.0 Å². The molecule has 0 heterocycles. The van der Waals surface area contributed by atoms with Crippen LogP contribution >= 0.6 is 0 Å². The first-order chi connectivity index (χ1) is 13.9. The van der Waals surface area contributed by atoms with Gasteiger partial charge in [-0.25, -0.2) is 17.2 Å². The minimum Gasteiger partial charge on any atom is -0.491 e. The fourth-order valence-electron chi connectivity index (χ4n) is 2.86. The number of amides is 1. The number of carbonyl (C=O) groups is 1. The van der Waals surface area contributed by atoms with Crippen LogP contribution in [0.5, 0.6) is 5.75 Å². The first-order valence-corrected chi connectivity index (χ1v) is 11.2. The minimum absolute atomic E-state index is 0.141. The molecule has 0 aromatic heterocycles. The van der Waals surface area contributed by atoms with Crippen molar-refractivity contribution in [1.82, 2.24) is 5.32 Å². The summed E-state index contributed by atoms with van der Waals surface area (Å²) in [4.78, 5) is 12.6. The highest BCUT2D eigenvalue weighted by Gasteiger charge is 2.30. The van der Waals surface area contributed by atoms with Crippen LogP contribution in [-0.2, 0) is 14.8 Å². The maximum atomic E-state index is 13.6. The highest BCUT2D eigenvalue weighted by molar-refractivity contribution is 7.92. The van der Waals surface area contributed by atoms with E-state index in [-0.39, 0.29) is 12.3 Å². The third kappa shape index (κ3) is 5.91. The van der Waals surface area contributed by atoms with Crippen LogP contribution in [0.3, 0.4) is 0 Å². The zero-order chi connectivity index (χ0) is 22.6. The van der Waals surface area contributed by atoms with Crippen LogP contribution in [-0.4, -0.2) is 39.3 Å². The van der Waals surface area contributed by atoms with E-state index in [9.17, 15) is 22.0 Å². The molecule has 1 amide bonds. The van der Waals surface area contributed by atoms with Gasteiger partial charge in [-0.1, -0.05) is 6.07 Å². The summed E-state index contributed by atoms with van der Waals surface area (Å²) < 4.78 is 57.7. The largest absolute Gasteiger partial charge is 0.491 e. The maximum Gasteiger partial charge on any atom is 0.243 e. The minimum atomic E-state index is -3.94. The number of rotatable bonds is 8. The predicted octanol–water partition coefficient (Wildman–Crippen LogP) is 3.32. The van der Waals surface area contributed by atoms with Crippen LogP contribution in [0.2, 0.25) is 0 Å². The van der Waals surface area contributed by atoms with E-state index < -0.39 is 39.6 Å². The molecule has 0 saturated heterocycles. The van der Waals surface area contributed by atoms with Crippen molar-refractivity contribution in [3.63, 3.8) is 0 Å². The summed E-state index contributed by atoms with van der Waals surface area (Å²) in [5.74, 6) is -2.25. The van der Waals surface area contributed by atoms with E-state index in [0.29, 0.717) is 5.75 Å². The Kier molecular flexibility index (Phi) is 7.41. The number of sulfonamides is 1. The lowest BCUT2D eigenvalue weighted by molar-refractivity contribution is -0.122. The number of ether oxygens (including phenoxy) is 1. The van der Waals surface area contributed by atoms with Crippen LogP contribution in [0.25, 0.3) is 0 Å². The second-order valence-electron chi connectivity index (χ2n) is 7.30. The molecule has 0 bridgehead atoms. The van der Waals surface area contributed by atoms with Crippen molar-refractivity contribution in [2.75, 3.05) is 17.2 Å². The molecule has 0 fully saturated rings. The van der Waals surface area contributed by atoms with Crippen molar-refractivity contribution < 1.29 is 26.7 Å². The smallest absolute Gasteiger partial charge is 0.243 e. The molecule has 2 rings (SSSR count). The van der Waals surface area contributed by atoms with Crippen molar-refractivity contribution >= 4 is 21.6 Å². The van der Waals surface area contributed by atoms with Crippen molar-refractivity contribution in [1.29, 1.82) is 0 Å². The molecule has 0 aliphatic rings. The van der Waals surface area contributed by atoms with Crippen molar-refractivity contribution in [3.8, 4) is 5.75 Å². The summed E-state index contributed by atoms with van der Waals surface area (Å²) in [5.41, 5.74) is 2.07. The number of nitrogens with zero attached hydrogens (tertiary/aromatic N) is 1. The molecule has 0 aliphatic carbocycles. The van der Waals surface area contributed by atoms with Crippen molar-refractivity contribution in [2.45, 2.75) is 39.8 Å². The summed E-state index contributed by atoms with van der Waals surface area (Å²) in [6.45, 7) is 7.21. The molecule has 2 unspecified atom stereocenters. The summed E-state index contributed by atoms with van der Waals surface area (Å²) >= 11 is 0. The van der Waals surface area contributed by atoms with Crippen molar-refractivity contribution in [3.05, 3.63) is 59.2 Å². The molecule has 2 aromatic rings. The molecular weight excluding hydrogens is 414 g/mol. The number of anilines is 1. The van der Waals surface area contributed by atoms with Gasteiger partial charge in [-0.3, -0.25) is 9.10 Å². The Morgan fingerprint density at radius 1 is 1.07 bits per heavy atom. The van der Waals surface area contributed by atoms with Crippen LogP contribution in [0.1, 0.15) is 25.0 Å². The fraction of sp³-hybridized carbons (Fsp3) is 0.381. The quantitative estimate of drug-likeness (QED) is 0.683. The SMILES string of the molecule is Cc1ccc(OCC(C)NC(=O)C(C)N(c2ccc(F)c(F)c2)S(C)(=O)=O)cc1C. The Labute approximate surface area is 175 Å². The van der Waals surface area contributed by atoms with Gasteiger partial charge < -0.3 is 10.1 Å². The molecule has 0 saturated carbocycles. The predicted molar refractivity (Wildman–Crippen MR) is 112 cm³/mol. The first kappa shape index (κ1) is 23.6. The van der Waals surface area contributed by atoms with Gasteiger partial charge in [-0.15, -0.1) is 0 Å². The van der Waals surface area contributed by atoms with E-state index >= 15 is 0 Å². The molecule has 2 atom stereocenters. The number of benzene rings is 2. The number of halogens is 2. The van der Waals surface area contributed by atoms with E-state index in [1.165, 1.54) is 6.92 Å². The molecule has 0 aliphatic heterocycles. The molecular formula is C21H26F2N2O4S. The number of hydrogen-bond acceptors (Lipinski definition) is 4. The van der Waals surface area contributed by atoms with Crippen LogP contribution in [0.4, 0.5) is 14.5 Å². The second kappa shape index (κ2) is 9.42. The second-order valence-corrected chi connectivity index (χ2v) is 9.16. The molecule has 0 radical (unpaired) electrons. The topological polar surface area (TPSA) is 75.7 Å². The van der Waals surface area contributed by atoms with E-state index in [2.05, 4.69) is 5.32 Å². The monoisotopic (exact) mass is 440 g/mol. The Morgan fingerprint density at radius 2 is 1.73 bits per heavy atom. The molecule has 6 nitrogen and oxygen atoms in total. The van der Waals surface area contributed by atoms with Gasteiger partial charge in [0.05, 0.1) is 18.0 Å². The zero-order valence-corrected chi connectivity index (χ0v) is 18.4. The van der Waals surface area contributed by atoms with Gasteiger partial charge in [0.15, 0.2) is 11.6 Å². The van der Waals surface area contributed by atoms with Crippen molar-refractivity contribution in [2.24, 2.45) is 0 Å². The molecule has 164 valence electrons. The first-order valence-electron chi connectivity index (χ1n) is 9.35. The van der Waals surface area contributed by atoms with Crippen LogP contribution in [0, 0.1) is 25.5 Å². The summed E-state index contributed by atoms with van der Waals surface area (Å²) in [5, 5.41) is 2.69. The molecule has 30 heavy (non-hydrogen) atoms. The normalized spacial score (nSPS) is 13.4. The van der Waals surface area contributed by atoms with Gasteiger partial charge in [0.25, 0.3) is 0 Å². The van der Waals surface area contributed by atoms with Gasteiger partial charge in [-0.05, 0) is 63.1 Å². The van der Waals surface area contributed by atoms with Gasteiger partial charge >= 0.3 is 0 Å². The standard InChI is InChI=1S/C21H26F2N2O4S/c1-13-6-8-18(10-14(13)2)29-12-15(3)24-21(26)16(4)25(30(5,27)28)17-7-9-19(22)20(23)11-17/h6-11,15-16H,12H2,1-5H3,(H,24,26). The summed E-state index contributed by atoms with van der Waals surface area (Å²) in [6.07, 6.45) is 0.893. The Bertz CT molecular complexity index is 1030. The molecule has 2 aromatic carbocycles. The van der Waals surface area contributed by atoms with E-state index in [4.69, 9.17) is 4.74 Å². The van der Waals surface area contributed by atoms with Gasteiger partial charge in [-0.2, -0.15) is 0 Å².